The lowest BCUT2D eigenvalue weighted by Crippen LogP contribution is -1.92. The molecule has 0 aromatic rings. The Morgan fingerprint density at radius 3 is 1.32 bits per heavy atom. The van der Waals surface area contributed by atoms with Crippen molar-refractivity contribution in [3.8, 4) is 0 Å². The normalized spacial score (nSPS) is 12.0. The topological polar surface area (TPSA) is 37.3 Å². The lowest BCUT2D eigenvalue weighted by atomic mass is 10.1. The van der Waals surface area contributed by atoms with Gasteiger partial charge < -0.3 is 5.11 Å². The highest BCUT2D eigenvalue weighted by atomic mass is 16.4. The second-order valence-electron chi connectivity index (χ2n) is 7.83. The van der Waals surface area contributed by atoms with Crippen LogP contribution in [0.15, 0.2) is 36.5 Å². The van der Waals surface area contributed by atoms with Gasteiger partial charge in [-0.05, 0) is 64.2 Å². The molecule has 0 unspecified atom stereocenters. The van der Waals surface area contributed by atoms with Gasteiger partial charge in [-0.1, -0.05) is 88.3 Å². The van der Waals surface area contributed by atoms with E-state index in [9.17, 15) is 4.79 Å². The third-order valence-electron chi connectivity index (χ3n) is 4.98. The quantitative estimate of drug-likeness (QED) is 0.157. The molecule has 0 aromatic carbocycles. The zero-order valence-electron chi connectivity index (χ0n) is 18.5. The maximum atomic E-state index is 10.4. The molecule has 0 rings (SSSR count). The van der Waals surface area contributed by atoms with Crippen LogP contribution < -0.4 is 0 Å². The highest BCUT2D eigenvalue weighted by molar-refractivity contribution is 5.66. The van der Waals surface area contributed by atoms with Crippen molar-refractivity contribution in [2.24, 2.45) is 0 Å². The second-order valence-corrected chi connectivity index (χ2v) is 7.83. The molecule has 0 aliphatic heterocycles. The van der Waals surface area contributed by atoms with E-state index in [0.717, 1.165) is 25.7 Å². The Hall–Kier alpha value is -1.31. The van der Waals surface area contributed by atoms with Gasteiger partial charge in [-0.25, -0.2) is 0 Å². The van der Waals surface area contributed by atoms with Gasteiger partial charge >= 0.3 is 5.97 Å². The molecular formula is C26H46O2. The summed E-state index contributed by atoms with van der Waals surface area (Å²) in [6, 6.07) is 0. The summed E-state index contributed by atoms with van der Waals surface area (Å²) in [7, 11) is 0. The van der Waals surface area contributed by atoms with Crippen LogP contribution in [0.3, 0.4) is 0 Å². The number of carboxylic acid groups (broad SMARTS) is 1. The molecule has 0 atom stereocenters. The number of carboxylic acids is 1. The molecule has 0 aliphatic rings. The molecule has 0 aromatic heterocycles. The minimum absolute atomic E-state index is 0.278. The summed E-state index contributed by atoms with van der Waals surface area (Å²) < 4.78 is 0. The van der Waals surface area contributed by atoms with Crippen molar-refractivity contribution < 1.29 is 9.90 Å². The van der Waals surface area contributed by atoms with E-state index >= 15 is 0 Å². The number of aliphatic carboxylic acids is 1. The fourth-order valence-corrected chi connectivity index (χ4v) is 3.19. The SMILES string of the molecule is CCCCCCCC/C=C\CCCCCC/C=C\CC/C=C\CCCC(=O)O. The Morgan fingerprint density at radius 1 is 0.536 bits per heavy atom. The first-order valence-electron chi connectivity index (χ1n) is 11.9. The molecule has 0 fully saturated rings. The van der Waals surface area contributed by atoms with E-state index < -0.39 is 5.97 Å². The molecule has 0 radical (unpaired) electrons. The monoisotopic (exact) mass is 390 g/mol. The number of hydrogen-bond donors (Lipinski definition) is 1. The summed E-state index contributed by atoms with van der Waals surface area (Å²) in [6.45, 7) is 2.27. The minimum atomic E-state index is -0.698. The fourth-order valence-electron chi connectivity index (χ4n) is 3.19. The zero-order chi connectivity index (χ0) is 20.5. The summed E-state index contributed by atoms with van der Waals surface area (Å²) in [5.74, 6) is -0.698. The molecule has 2 nitrogen and oxygen atoms in total. The molecule has 0 heterocycles. The fraction of sp³-hybridized carbons (Fsp3) is 0.731. The van der Waals surface area contributed by atoms with Crippen molar-refractivity contribution in [1.82, 2.24) is 0 Å². The average Bonchev–Trinajstić information content (AvgIpc) is 2.68. The molecule has 0 amide bonds. The van der Waals surface area contributed by atoms with Gasteiger partial charge in [0.25, 0.3) is 0 Å². The van der Waals surface area contributed by atoms with Crippen molar-refractivity contribution >= 4 is 5.97 Å². The number of hydrogen-bond acceptors (Lipinski definition) is 1. The third-order valence-corrected chi connectivity index (χ3v) is 4.98. The Bertz CT molecular complexity index is 407. The van der Waals surface area contributed by atoms with Crippen molar-refractivity contribution in [2.45, 2.75) is 122 Å². The van der Waals surface area contributed by atoms with Crippen LogP contribution in [-0.4, -0.2) is 11.1 Å². The van der Waals surface area contributed by atoms with E-state index in [2.05, 4.69) is 43.4 Å². The van der Waals surface area contributed by atoms with Gasteiger partial charge in [-0.2, -0.15) is 0 Å². The summed E-state index contributed by atoms with van der Waals surface area (Å²) in [4.78, 5) is 10.4. The van der Waals surface area contributed by atoms with Gasteiger partial charge in [0, 0.05) is 6.42 Å². The van der Waals surface area contributed by atoms with Gasteiger partial charge in [-0.15, -0.1) is 0 Å². The summed E-state index contributed by atoms with van der Waals surface area (Å²) in [5.41, 5.74) is 0. The highest BCUT2D eigenvalue weighted by Gasteiger charge is 1.93. The van der Waals surface area contributed by atoms with Crippen LogP contribution >= 0.6 is 0 Å². The lowest BCUT2D eigenvalue weighted by Gasteiger charge is -1.98. The first kappa shape index (κ1) is 26.7. The molecule has 0 bridgehead atoms. The van der Waals surface area contributed by atoms with E-state index in [1.807, 2.05) is 0 Å². The van der Waals surface area contributed by atoms with E-state index in [0.29, 0.717) is 0 Å². The van der Waals surface area contributed by atoms with E-state index in [1.165, 1.54) is 83.5 Å². The van der Waals surface area contributed by atoms with Crippen LogP contribution in [0.4, 0.5) is 0 Å². The van der Waals surface area contributed by atoms with Gasteiger partial charge in [0.2, 0.25) is 0 Å². The molecule has 2 heteroatoms. The number of unbranched alkanes of at least 4 members (excludes halogenated alkanes) is 13. The molecule has 0 saturated carbocycles. The molecule has 1 N–H and O–H groups in total. The lowest BCUT2D eigenvalue weighted by molar-refractivity contribution is -0.137. The van der Waals surface area contributed by atoms with Crippen molar-refractivity contribution in [2.75, 3.05) is 0 Å². The third kappa shape index (κ3) is 24.7. The minimum Gasteiger partial charge on any atom is -0.481 e. The standard InChI is InChI=1S/C26H46O2/c1-2-3-4-5-6-7-8-9-10-11-12-13-14-15-16-17-18-19-20-21-22-23-24-25-26(27)28/h9-10,17-18,21-22H,2-8,11-16,19-20,23-25H2,1H3,(H,27,28)/b10-9-,18-17-,22-21-. The van der Waals surface area contributed by atoms with Crippen LogP contribution in [0.2, 0.25) is 0 Å². The van der Waals surface area contributed by atoms with E-state index in [-0.39, 0.29) is 6.42 Å². The molecule has 0 saturated heterocycles. The van der Waals surface area contributed by atoms with Crippen molar-refractivity contribution in [1.29, 1.82) is 0 Å². The van der Waals surface area contributed by atoms with Crippen LogP contribution in [0, 0.1) is 0 Å². The van der Waals surface area contributed by atoms with E-state index in [4.69, 9.17) is 5.11 Å². The Morgan fingerprint density at radius 2 is 0.893 bits per heavy atom. The maximum Gasteiger partial charge on any atom is 0.303 e. The first-order chi connectivity index (χ1) is 13.8. The average molecular weight is 391 g/mol. The molecular weight excluding hydrogens is 344 g/mol. The largest absolute Gasteiger partial charge is 0.481 e. The zero-order valence-corrected chi connectivity index (χ0v) is 18.5. The van der Waals surface area contributed by atoms with Gasteiger partial charge in [0.05, 0.1) is 0 Å². The predicted octanol–water partition coefficient (Wildman–Crippen LogP) is 8.78. The van der Waals surface area contributed by atoms with Gasteiger partial charge in [0.15, 0.2) is 0 Å². The number of carbonyl (C=O) groups is 1. The maximum absolute atomic E-state index is 10.4. The van der Waals surface area contributed by atoms with Crippen LogP contribution in [0.1, 0.15) is 122 Å². The smallest absolute Gasteiger partial charge is 0.303 e. The predicted molar refractivity (Wildman–Crippen MR) is 124 cm³/mol. The van der Waals surface area contributed by atoms with Crippen LogP contribution in [0.25, 0.3) is 0 Å². The summed E-state index contributed by atoms with van der Waals surface area (Å²) in [5, 5.41) is 8.55. The molecule has 0 aliphatic carbocycles. The molecule has 0 spiro atoms. The Kier molecular flexibility index (Phi) is 22.6. The van der Waals surface area contributed by atoms with Gasteiger partial charge in [0.1, 0.15) is 0 Å². The Labute approximate surface area is 175 Å². The number of rotatable bonds is 21. The number of allylic oxidation sites excluding steroid dienone is 6. The Balaban J connectivity index is 3.22. The summed E-state index contributed by atoms with van der Waals surface area (Å²) in [6.07, 6.45) is 35.2. The second kappa shape index (κ2) is 23.7. The van der Waals surface area contributed by atoms with Crippen LogP contribution in [-0.2, 0) is 4.79 Å². The van der Waals surface area contributed by atoms with Crippen molar-refractivity contribution in [3.63, 3.8) is 0 Å². The summed E-state index contributed by atoms with van der Waals surface area (Å²) >= 11 is 0. The molecule has 28 heavy (non-hydrogen) atoms. The van der Waals surface area contributed by atoms with E-state index in [1.54, 1.807) is 0 Å². The molecule has 162 valence electrons. The van der Waals surface area contributed by atoms with Crippen LogP contribution in [0.5, 0.6) is 0 Å². The first-order valence-corrected chi connectivity index (χ1v) is 11.9. The van der Waals surface area contributed by atoms with Gasteiger partial charge in [-0.3, -0.25) is 4.79 Å². The highest BCUT2D eigenvalue weighted by Crippen LogP contribution is 2.09. The van der Waals surface area contributed by atoms with Crippen molar-refractivity contribution in [3.05, 3.63) is 36.5 Å².